The first-order chi connectivity index (χ1) is 15.7. The van der Waals surface area contributed by atoms with Gasteiger partial charge in [0, 0.05) is 5.56 Å². The fourth-order valence-electron chi connectivity index (χ4n) is 2.85. The molecule has 2 aromatic carbocycles. The van der Waals surface area contributed by atoms with Crippen molar-refractivity contribution in [3.63, 3.8) is 0 Å². The van der Waals surface area contributed by atoms with Crippen molar-refractivity contribution >= 4 is 12.1 Å². The van der Waals surface area contributed by atoms with Gasteiger partial charge in [0.25, 0.3) is 11.5 Å². The average Bonchev–Trinajstić information content (AvgIpc) is 2.79. The summed E-state index contributed by atoms with van der Waals surface area (Å²) >= 11 is 0. The number of alkyl halides is 3. The Bertz CT molecular complexity index is 1320. The maximum atomic E-state index is 13.1. The van der Waals surface area contributed by atoms with Crippen LogP contribution in [-0.2, 0) is 6.18 Å². The van der Waals surface area contributed by atoms with Gasteiger partial charge >= 0.3 is 6.18 Å². The van der Waals surface area contributed by atoms with Crippen LogP contribution in [0.15, 0.2) is 58.4 Å². The molecule has 168 valence electrons. The summed E-state index contributed by atoms with van der Waals surface area (Å²) in [4.78, 5) is 25.3. The lowest BCUT2D eigenvalue weighted by Crippen LogP contribution is -2.31. The van der Waals surface area contributed by atoms with E-state index in [0.717, 1.165) is 12.1 Å². The van der Waals surface area contributed by atoms with Gasteiger partial charge in [0.15, 0.2) is 5.69 Å². The molecule has 33 heavy (non-hydrogen) atoms. The number of hydrazone groups is 1. The summed E-state index contributed by atoms with van der Waals surface area (Å²) in [5.41, 5.74) is -0.118. The third kappa shape index (κ3) is 5.07. The number of halogens is 3. The second kappa shape index (κ2) is 9.35. The number of hydrogen-bond donors (Lipinski definition) is 1. The van der Waals surface area contributed by atoms with Gasteiger partial charge in [0.05, 0.1) is 24.6 Å². The third-order valence-electron chi connectivity index (χ3n) is 4.58. The van der Waals surface area contributed by atoms with Gasteiger partial charge in [-0.3, -0.25) is 9.59 Å². The molecular formula is C22H16F3N5O3. The number of amides is 1. The monoisotopic (exact) mass is 455 g/mol. The normalized spacial score (nSPS) is 11.3. The van der Waals surface area contributed by atoms with Crippen molar-refractivity contribution in [2.24, 2.45) is 5.10 Å². The highest BCUT2D eigenvalue weighted by molar-refractivity contribution is 5.94. The van der Waals surface area contributed by atoms with E-state index in [1.54, 1.807) is 30.3 Å². The fraction of sp³-hybridized carbons (Fsp3) is 0.136. The topological polar surface area (TPSA) is 109 Å². The van der Waals surface area contributed by atoms with Gasteiger partial charge in [0.2, 0.25) is 0 Å². The molecule has 0 spiro atoms. The second-order valence-electron chi connectivity index (χ2n) is 6.70. The Morgan fingerprint density at radius 2 is 1.94 bits per heavy atom. The van der Waals surface area contributed by atoms with Gasteiger partial charge in [-0.25, -0.2) is 5.43 Å². The quantitative estimate of drug-likeness (QED) is 0.469. The van der Waals surface area contributed by atoms with E-state index in [1.807, 2.05) is 0 Å². The molecule has 0 bridgehead atoms. The summed E-state index contributed by atoms with van der Waals surface area (Å²) in [6.07, 6.45) is -3.31. The zero-order valence-electron chi connectivity index (χ0n) is 17.3. The zero-order chi connectivity index (χ0) is 24.2. The molecule has 0 fully saturated rings. The molecule has 1 amide bonds. The summed E-state index contributed by atoms with van der Waals surface area (Å²) in [7, 11) is 1.52. The van der Waals surface area contributed by atoms with Crippen molar-refractivity contribution in [2.45, 2.75) is 13.1 Å². The second-order valence-corrected chi connectivity index (χ2v) is 6.70. The number of nitrogens with one attached hydrogen (secondary N) is 1. The third-order valence-corrected chi connectivity index (χ3v) is 4.58. The molecule has 0 unspecified atom stereocenters. The summed E-state index contributed by atoms with van der Waals surface area (Å²) in [6.45, 7) is 1.34. The number of ether oxygens (including phenoxy) is 1. The Hall–Kier alpha value is -4.46. The molecule has 0 radical (unpaired) electrons. The van der Waals surface area contributed by atoms with E-state index in [1.165, 1.54) is 26.3 Å². The van der Waals surface area contributed by atoms with Gasteiger partial charge in [-0.05, 0) is 55.0 Å². The summed E-state index contributed by atoms with van der Waals surface area (Å²) in [5.74, 6) is -0.216. The molecule has 0 aliphatic carbocycles. The van der Waals surface area contributed by atoms with Crippen LogP contribution in [0.5, 0.6) is 5.75 Å². The Balaban J connectivity index is 1.97. The lowest BCUT2D eigenvalue weighted by molar-refractivity contribution is -0.137. The summed E-state index contributed by atoms with van der Waals surface area (Å²) < 4.78 is 44.9. The number of hydrogen-bond acceptors (Lipinski definition) is 6. The van der Waals surface area contributed by atoms with E-state index in [0.29, 0.717) is 22.1 Å². The molecule has 3 aromatic rings. The molecule has 11 heteroatoms. The number of carbonyl (C=O) groups excluding carboxylic acids is 1. The lowest BCUT2D eigenvalue weighted by atomic mass is 10.1. The van der Waals surface area contributed by atoms with Gasteiger partial charge in [-0.15, -0.1) is 0 Å². The Labute approximate surface area is 185 Å². The van der Waals surface area contributed by atoms with Crippen LogP contribution in [0.4, 0.5) is 13.2 Å². The molecule has 0 saturated heterocycles. The summed E-state index contributed by atoms with van der Waals surface area (Å²) in [5, 5.41) is 17.1. The van der Waals surface area contributed by atoms with E-state index in [4.69, 9.17) is 4.74 Å². The number of nitrogens with zero attached hydrogens (tertiary/aromatic N) is 4. The van der Waals surface area contributed by atoms with E-state index in [-0.39, 0.29) is 16.9 Å². The van der Waals surface area contributed by atoms with Crippen LogP contribution < -0.4 is 15.7 Å². The highest BCUT2D eigenvalue weighted by atomic mass is 19.4. The molecule has 3 rings (SSSR count). The minimum atomic E-state index is -4.65. The van der Waals surface area contributed by atoms with Crippen LogP contribution in [0.2, 0.25) is 0 Å². The zero-order valence-corrected chi connectivity index (χ0v) is 17.3. The molecule has 8 nitrogen and oxygen atoms in total. The van der Waals surface area contributed by atoms with Gasteiger partial charge in [0.1, 0.15) is 17.4 Å². The van der Waals surface area contributed by atoms with E-state index in [9.17, 15) is 28.0 Å². The smallest absolute Gasteiger partial charge is 0.416 e. The SMILES string of the molecule is COc1ccc(/C=N/NC(=O)c2nn(-c3cccc(C(F)(F)F)c3)c(=O)c(C#N)c2C)cc1. The van der Waals surface area contributed by atoms with Crippen LogP contribution in [-0.4, -0.2) is 29.0 Å². The van der Waals surface area contributed by atoms with Crippen LogP contribution >= 0.6 is 0 Å². The Kier molecular flexibility index (Phi) is 6.58. The van der Waals surface area contributed by atoms with Crippen LogP contribution in [0.1, 0.15) is 32.7 Å². The van der Waals surface area contributed by atoms with Crippen molar-refractivity contribution in [2.75, 3.05) is 7.11 Å². The molecule has 0 atom stereocenters. The minimum Gasteiger partial charge on any atom is -0.497 e. The molecular weight excluding hydrogens is 439 g/mol. The van der Waals surface area contributed by atoms with E-state index >= 15 is 0 Å². The molecule has 0 aliphatic heterocycles. The van der Waals surface area contributed by atoms with Crippen molar-refractivity contribution in [1.29, 1.82) is 5.26 Å². The van der Waals surface area contributed by atoms with Crippen LogP contribution in [0.25, 0.3) is 5.69 Å². The van der Waals surface area contributed by atoms with Crippen molar-refractivity contribution in [1.82, 2.24) is 15.2 Å². The minimum absolute atomic E-state index is 0.0251. The van der Waals surface area contributed by atoms with Crippen LogP contribution in [0, 0.1) is 18.3 Å². The maximum Gasteiger partial charge on any atom is 0.416 e. The van der Waals surface area contributed by atoms with Crippen molar-refractivity contribution in [3.8, 4) is 17.5 Å². The molecule has 1 heterocycles. The van der Waals surface area contributed by atoms with E-state index in [2.05, 4.69) is 15.6 Å². The first-order valence-corrected chi connectivity index (χ1v) is 9.35. The number of aromatic nitrogens is 2. The first kappa shape index (κ1) is 23.2. The van der Waals surface area contributed by atoms with Gasteiger partial charge in [-0.2, -0.15) is 33.3 Å². The number of rotatable bonds is 5. The standard InChI is InChI=1S/C22H16F3N5O3/c1-13-18(11-26)21(32)30(16-5-3-4-15(10-16)22(23,24)25)29-19(13)20(31)28-27-12-14-6-8-17(33-2)9-7-14/h3-10,12H,1-2H3,(H,28,31)/b27-12+. The van der Waals surface area contributed by atoms with Crippen molar-refractivity contribution in [3.05, 3.63) is 86.8 Å². The van der Waals surface area contributed by atoms with Gasteiger partial charge in [-0.1, -0.05) is 6.07 Å². The van der Waals surface area contributed by atoms with Crippen molar-refractivity contribution < 1.29 is 22.7 Å². The number of nitriles is 1. The summed E-state index contributed by atoms with van der Waals surface area (Å²) in [6, 6.07) is 12.3. The highest BCUT2D eigenvalue weighted by Crippen LogP contribution is 2.30. The first-order valence-electron chi connectivity index (χ1n) is 9.35. The highest BCUT2D eigenvalue weighted by Gasteiger charge is 2.31. The average molecular weight is 455 g/mol. The molecule has 0 aliphatic rings. The van der Waals surface area contributed by atoms with Crippen LogP contribution in [0.3, 0.4) is 0 Å². The predicted molar refractivity (Wildman–Crippen MR) is 112 cm³/mol. The molecule has 1 N–H and O–H groups in total. The number of carbonyl (C=O) groups is 1. The largest absolute Gasteiger partial charge is 0.497 e. The predicted octanol–water partition coefficient (Wildman–Crippen LogP) is 3.20. The fourth-order valence-corrected chi connectivity index (χ4v) is 2.85. The Morgan fingerprint density at radius 1 is 1.24 bits per heavy atom. The number of benzene rings is 2. The molecule has 0 saturated carbocycles. The lowest BCUT2D eigenvalue weighted by Gasteiger charge is -2.12. The van der Waals surface area contributed by atoms with Gasteiger partial charge < -0.3 is 4.74 Å². The molecule has 1 aromatic heterocycles. The Morgan fingerprint density at radius 3 is 2.55 bits per heavy atom. The number of methoxy groups -OCH3 is 1. The van der Waals surface area contributed by atoms with E-state index < -0.39 is 28.8 Å². The maximum absolute atomic E-state index is 13.1.